The number of aromatic nitrogens is 2. The van der Waals surface area contributed by atoms with E-state index in [1.807, 2.05) is 48.5 Å². The third-order valence-electron chi connectivity index (χ3n) is 2.91. The molecule has 3 rings (SSSR count). The Morgan fingerprint density at radius 1 is 1.00 bits per heavy atom. The van der Waals surface area contributed by atoms with Crippen molar-refractivity contribution in [1.29, 1.82) is 0 Å². The van der Waals surface area contributed by atoms with E-state index in [-0.39, 0.29) is 5.95 Å². The predicted octanol–water partition coefficient (Wildman–Crippen LogP) is 3.55. The Hall–Kier alpha value is -2.14. The van der Waals surface area contributed by atoms with Gasteiger partial charge in [-0.2, -0.15) is 4.98 Å². The molecule has 2 N–H and O–H groups in total. The van der Waals surface area contributed by atoms with Crippen molar-refractivity contribution in [2.24, 2.45) is 0 Å². The summed E-state index contributed by atoms with van der Waals surface area (Å²) in [4.78, 5) is 8.36. The zero-order valence-corrected chi connectivity index (χ0v) is 12.2. The molecule has 3 aromatic rings. The summed E-state index contributed by atoms with van der Waals surface area (Å²) < 4.78 is 6.81. The van der Waals surface area contributed by atoms with Gasteiger partial charge in [0.2, 0.25) is 11.8 Å². The van der Waals surface area contributed by atoms with Crippen molar-refractivity contribution in [3.63, 3.8) is 0 Å². The molecule has 0 saturated carbocycles. The highest BCUT2D eigenvalue weighted by atomic mass is 79.9. The summed E-state index contributed by atoms with van der Waals surface area (Å²) in [6, 6.07) is 15.5. The molecule has 2 aromatic carbocycles. The molecule has 4 nitrogen and oxygen atoms in total. The van der Waals surface area contributed by atoms with Crippen LogP contribution in [-0.4, -0.2) is 9.97 Å². The topological polar surface area (TPSA) is 61.0 Å². The molecular formula is C15H12BrN3O. The van der Waals surface area contributed by atoms with E-state index in [9.17, 15) is 0 Å². The number of nitrogens with two attached hydrogens (primary N) is 1. The van der Waals surface area contributed by atoms with E-state index in [4.69, 9.17) is 10.5 Å². The van der Waals surface area contributed by atoms with Gasteiger partial charge in [0.1, 0.15) is 6.61 Å². The molecule has 0 bridgehead atoms. The predicted molar refractivity (Wildman–Crippen MR) is 82.4 cm³/mol. The summed E-state index contributed by atoms with van der Waals surface area (Å²) >= 11 is 3.50. The summed E-state index contributed by atoms with van der Waals surface area (Å²) in [6.45, 7) is 0.419. The normalized spacial score (nSPS) is 10.7. The number of rotatable bonds is 3. The van der Waals surface area contributed by atoms with Crippen molar-refractivity contribution >= 4 is 32.8 Å². The lowest BCUT2D eigenvalue weighted by Crippen LogP contribution is -2.02. The molecule has 0 saturated heterocycles. The van der Waals surface area contributed by atoms with Gasteiger partial charge in [0.05, 0.1) is 10.9 Å². The van der Waals surface area contributed by atoms with Gasteiger partial charge in [0.15, 0.2) is 0 Å². The average Bonchev–Trinajstić information content (AvgIpc) is 2.46. The molecule has 0 aliphatic heterocycles. The number of nitrogen functional groups attached to an aromatic ring is 1. The number of hydrogen-bond donors (Lipinski definition) is 1. The standard InChI is InChI=1S/C15H12BrN3O/c16-12-7-3-1-5-10(12)9-20-14-11-6-2-4-8-13(11)18-15(17)19-14/h1-8H,9H2,(H2,17,18,19). The van der Waals surface area contributed by atoms with E-state index in [0.29, 0.717) is 12.5 Å². The maximum Gasteiger partial charge on any atom is 0.226 e. The Bertz CT molecular complexity index is 761. The van der Waals surface area contributed by atoms with Crippen LogP contribution in [0.3, 0.4) is 0 Å². The second kappa shape index (κ2) is 5.46. The maximum atomic E-state index is 5.81. The van der Waals surface area contributed by atoms with Crippen molar-refractivity contribution in [2.45, 2.75) is 6.61 Å². The molecule has 0 radical (unpaired) electrons. The van der Waals surface area contributed by atoms with E-state index in [1.54, 1.807) is 0 Å². The zero-order valence-electron chi connectivity index (χ0n) is 10.6. The fraction of sp³-hybridized carbons (Fsp3) is 0.0667. The number of hydrogen-bond acceptors (Lipinski definition) is 4. The molecule has 0 atom stereocenters. The highest BCUT2D eigenvalue weighted by Crippen LogP contribution is 2.25. The first kappa shape index (κ1) is 12.9. The minimum atomic E-state index is 0.214. The molecule has 1 aromatic heterocycles. The Morgan fingerprint density at radius 2 is 1.75 bits per heavy atom. The van der Waals surface area contributed by atoms with Crippen LogP contribution in [0.5, 0.6) is 5.88 Å². The summed E-state index contributed by atoms with van der Waals surface area (Å²) in [6.07, 6.45) is 0. The van der Waals surface area contributed by atoms with E-state index in [1.165, 1.54) is 0 Å². The molecule has 0 aliphatic carbocycles. The summed E-state index contributed by atoms with van der Waals surface area (Å²) in [5.41, 5.74) is 7.54. The number of halogens is 1. The second-order valence-corrected chi connectivity index (χ2v) is 5.14. The number of ether oxygens (including phenoxy) is 1. The highest BCUT2D eigenvalue weighted by Gasteiger charge is 2.08. The van der Waals surface area contributed by atoms with Crippen LogP contribution in [-0.2, 0) is 6.61 Å². The number of nitrogens with zero attached hydrogens (tertiary/aromatic N) is 2. The van der Waals surface area contributed by atoms with E-state index in [0.717, 1.165) is 20.9 Å². The van der Waals surface area contributed by atoms with Crippen LogP contribution in [0.15, 0.2) is 53.0 Å². The Morgan fingerprint density at radius 3 is 2.60 bits per heavy atom. The van der Waals surface area contributed by atoms with Gasteiger partial charge in [-0.1, -0.05) is 46.3 Å². The van der Waals surface area contributed by atoms with Crippen molar-refractivity contribution in [3.05, 3.63) is 58.6 Å². The van der Waals surface area contributed by atoms with Crippen molar-refractivity contribution in [3.8, 4) is 5.88 Å². The molecule has 0 fully saturated rings. The van der Waals surface area contributed by atoms with Gasteiger partial charge in [-0.3, -0.25) is 0 Å². The van der Waals surface area contributed by atoms with Crippen molar-refractivity contribution < 1.29 is 4.74 Å². The van der Waals surface area contributed by atoms with Crippen LogP contribution in [0.4, 0.5) is 5.95 Å². The molecule has 20 heavy (non-hydrogen) atoms. The largest absolute Gasteiger partial charge is 0.472 e. The van der Waals surface area contributed by atoms with E-state index in [2.05, 4.69) is 25.9 Å². The molecule has 0 amide bonds. The van der Waals surface area contributed by atoms with Gasteiger partial charge >= 0.3 is 0 Å². The van der Waals surface area contributed by atoms with Gasteiger partial charge in [0, 0.05) is 10.0 Å². The summed E-state index contributed by atoms with van der Waals surface area (Å²) in [5.74, 6) is 0.717. The second-order valence-electron chi connectivity index (χ2n) is 4.28. The van der Waals surface area contributed by atoms with Crippen LogP contribution in [0.25, 0.3) is 10.9 Å². The first-order chi connectivity index (χ1) is 9.74. The Labute approximate surface area is 124 Å². The summed E-state index contributed by atoms with van der Waals surface area (Å²) in [7, 11) is 0. The Kier molecular flexibility index (Phi) is 3.52. The van der Waals surface area contributed by atoms with Crippen LogP contribution in [0.1, 0.15) is 5.56 Å². The number of fused-ring (bicyclic) bond motifs is 1. The monoisotopic (exact) mass is 329 g/mol. The fourth-order valence-electron chi connectivity index (χ4n) is 1.94. The summed E-state index contributed by atoms with van der Waals surface area (Å²) in [5, 5.41) is 0.855. The lowest BCUT2D eigenvalue weighted by Gasteiger charge is -2.09. The first-order valence-corrected chi connectivity index (χ1v) is 6.92. The van der Waals surface area contributed by atoms with Gasteiger partial charge in [-0.05, 0) is 18.2 Å². The van der Waals surface area contributed by atoms with Crippen molar-refractivity contribution in [1.82, 2.24) is 9.97 Å². The SMILES string of the molecule is Nc1nc(OCc2ccccc2Br)c2ccccc2n1. The first-order valence-electron chi connectivity index (χ1n) is 6.12. The van der Waals surface area contributed by atoms with Gasteiger partial charge < -0.3 is 10.5 Å². The highest BCUT2D eigenvalue weighted by molar-refractivity contribution is 9.10. The molecule has 1 heterocycles. The molecule has 0 unspecified atom stereocenters. The fourth-order valence-corrected chi connectivity index (χ4v) is 2.34. The molecule has 0 aliphatic rings. The minimum Gasteiger partial charge on any atom is -0.472 e. The number of anilines is 1. The van der Waals surface area contributed by atoms with E-state index < -0.39 is 0 Å². The third-order valence-corrected chi connectivity index (χ3v) is 3.68. The van der Waals surface area contributed by atoms with Gasteiger partial charge in [0.25, 0.3) is 0 Å². The molecule has 5 heteroatoms. The van der Waals surface area contributed by atoms with Gasteiger partial charge in [-0.25, -0.2) is 4.98 Å². The molecular weight excluding hydrogens is 318 g/mol. The quantitative estimate of drug-likeness (QED) is 0.798. The number of benzene rings is 2. The molecule has 100 valence electrons. The lowest BCUT2D eigenvalue weighted by molar-refractivity contribution is 0.297. The van der Waals surface area contributed by atoms with E-state index >= 15 is 0 Å². The minimum absolute atomic E-state index is 0.214. The maximum absolute atomic E-state index is 5.81. The van der Waals surface area contributed by atoms with Crippen molar-refractivity contribution in [2.75, 3.05) is 5.73 Å². The van der Waals surface area contributed by atoms with Gasteiger partial charge in [-0.15, -0.1) is 0 Å². The average molecular weight is 330 g/mol. The molecule has 0 spiro atoms. The van der Waals surface area contributed by atoms with Crippen LogP contribution >= 0.6 is 15.9 Å². The van der Waals surface area contributed by atoms with Crippen LogP contribution in [0, 0.1) is 0 Å². The van der Waals surface area contributed by atoms with Crippen LogP contribution < -0.4 is 10.5 Å². The lowest BCUT2D eigenvalue weighted by atomic mass is 10.2. The number of para-hydroxylation sites is 1. The van der Waals surface area contributed by atoms with Crippen LogP contribution in [0.2, 0.25) is 0 Å². The smallest absolute Gasteiger partial charge is 0.226 e. The zero-order chi connectivity index (χ0) is 13.9. The third kappa shape index (κ3) is 2.58. The Balaban J connectivity index is 1.93.